The zero-order valence-corrected chi connectivity index (χ0v) is 28.6. The Morgan fingerprint density at radius 3 is 2.45 bits per heavy atom. The molecule has 11 heteroatoms. The van der Waals surface area contributed by atoms with E-state index in [1.807, 2.05) is 60.7 Å². The number of nitrogens with zero attached hydrogens (tertiary/aromatic N) is 3. The number of cyclic esters (lactones) is 1. The predicted octanol–water partition coefficient (Wildman–Crippen LogP) is 4.26. The number of hydrogen-bond acceptors (Lipinski definition) is 7. The molecular weight excluding hydrogens is 614 g/mol. The van der Waals surface area contributed by atoms with Gasteiger partial charge in [0.15, 0.2) is 5.60 Å². The van der Waals surface area contributed by atoms with Crippen LogP contribution in [0.2, 0.25) is 18.6 Å². The van der Waals surface area contributed by atoms with Crippen molar-refractivity contribution in [3.63, 3.8) is 0 Å². The predicted molar refractivity (Wildman–Crippen MR) is 182 cm³/mol. The second kappa shape index (κ2) is 12.8. The SMILES string of the molecule is COc1ccc([Si](C)(C)[C@H]2[C@H](CC(=O)N(CCO)Cc3ccccc3)O[C@@]3(C(=O)N(C)c4ccc(N5CCOC5=O)cc43)[C@@H]2C)cc1. The first-order valence-electron chi connectivity index (χ1n) is 16.1. The Labute approximate surface area is 276 Å². The normalized spacial score (nSPS) is 23.7. The maximum absolute atomic E-state index is 14.5. The molecule has 0 saturated carbocycles. The van der Waals surface area contributed by atoms with Crippen LogP contribution < -0.4 is 19.7 Å². The Bertz CT molecular complexity index is 1650. The molecule has 3 aromatic carbocycles. The lowest BCUT2D eigenvalue weighted by Gasteiger charge is -2.37. The van der Waals surface area contributed by atoms with E-state index in [0.29, 0.717) is 30.9 Å². The minimum Gasteiger partial charge on any atom is -0.497 e. The zero-order chi connectivity index (χ0) is 33.5. The smallest absolute Gasteiger partial charge is 0.414 e. The minimum atomic E-state index is -2.47. The summed E-state index contributed by atoms with van der Waals surface area (Å²) < 4.78 is 17.7. The van der Waals surface area contributed by atoms with E-state index < -0.39 is 25.9 Å². The minimum absolute atomic E-state index is 0.0562. The Morgan fingerprint density at radius 1 is 1.09 bits per heavy atom. The standard InChI is InChI=1S/C36H43N3O7Si/c1-24-33(47(4,5)28-14-12-27(44-3)13-15-28)31(22-32(41)38(17-19-40)23-25-9-7-6-8-10-25)46-36(24)29-21-26(39-18-20-45-35(39)43)11-16-30(29)37(2)34(36)42/h6-16,21,24,31,33,40H,17-20,22-23H2,1-5H3/t24-,31+,33-,36+/m1/s1. The highest BCUT2D eigenvalue weighted by atomic mass is 28.3. The van der Waals surface area contributed by atoms with Gasteiger partial charge in [-0.1, -0.05) is 67.7 Å². The number of carbonyl (C=O) groups is 3. The molecule has 6 rings (SSSR count). The number of aliphatic hydroxyl groups excluding tert-OH is 1. The first-order valence-corrected chi connectivity index (χ1v) is 19.2. The highest BCUT2D eigenvalue weighted by Gasteiger charge is 2.66. The number of aliphatic hydroxyl groups is 1. The average molecular weight is 658 g/mol. The zero-order valence-electron chi connectivity index (χ0n) is 27.6. The average Bonchev–Trinajstić information content (AvgIpc) is 3.70. The van der Waals surface area contributed by atoms with Crippen LogP contribution in [-0.4, -0.2) is 82.6 Å². The fourth-order valence-electron chi connectivity index (χ4n) is 7.92. The van der Waals surface area contributed by atoms with Gasteiger partial charge in [0.05, 0.1) is 46.5 Å². The quantitative estimate of drug-likeness (QED) is 0.325. The van der Waals surface area contributed by atoms with Crippen molar-refractivity contribution in [2.75, 3.05) is 50.3 Å². The first-order chi connectivity index (χ1) is 22.5. The van der Waals surface area contributed by atoms with Gasteiger partial charge in [-0.2, -0.15) is 0 Å². The number of ether oxygens (including phenoxy) is 3. The fourth-order valence-corrected chi connectivity index (χ4v) is 11.9. The van der Waals surface area contributed by atoms with Crippen molar-refractivity contribution in [1.29, 1.82) is 0 Å². The molecule has 2 fully saturated rings. The first kappa shape index (κ1) is 32.7. The summed E-state index contributed by atoms with van der Waals surface area (Å²) >= 11 is 0. The van der Waals surface area contributed by atoms with Crippen LogP contribution in [0.15, 0.2) is 72.8 Å². The number of anilines is 2. The fraction of sp³-hybridized carbons (Fsp3) is 0.417. The van der Waals surface area contributed by atoms with Crippen LogP contribution in [0.3, 0.4) is 0 Å². The van der Waals surface area contributed by atoms with Crippen molar-refractivity contribution in [3.05, 3.63) is 83.9 Å². The molecule has 4 atom stereocenters. The molecule has 2 saturated heterocycles. The van der Waals surface area contributed by atoms with E-state index in [1.54, 1.807) is 28.9 Å². The summed E-state index contributed by atoms with van der Waals surface area (Å²) in [6, 6.07) is 23.4. The van der Waals surface area contributed by atoms with Crippen LogP contribution in [0.1, 0.15) is 24.5 Å². The molecule has 0 unspecified atom stereocenters. The topological polar surface area (TPSA) is 109 Å². The highest BCUT2D eigenvalue weighted by molar-refractivity contribution is 6.91. The van der Waals surface area contributed by atoms with Gasteiger partial charge in [0.1, 0.15) is 12.4 Å². The molecule has 0 bridgehead atoms. The summed E-state index contributed by atoms with van der Waals surface area (Å²) in [5.74, 6) is 0.125. The number of carbonyl (C=O) groups excluding carboxylic acids is 3. The van der Waals surface area contributed by atoms with Gasteiger partial charge in [-0.25, -0.2) is 4.79 Å². The third-order valence-corrected chi connectivity index (χ3v) is 14.7. The van der Waals surface area contributed by atoms with Crippen molar-refractivity contribution in [2.45, 2.75) is 50.2 Å². The van der Waals surface area contributed by atoms with E-state index in [-0.39, 0.29) is 42.8 Å². The van der Waals surface area contributed by atoms with E-state index in [1.165, 1.54) is 0 Å². The van der Waals surface area contributed by atoms with E-state index in [9.17, 15) is 19.5 Å². The Hall–Kier alpha value is -4.19. The van der Waals surface area contributed by atoms with Gasteiger partial charge in [-0.3, -0.25) is 14.5 Å². The van der Waals surface area contributed by atoms with E-state index in [0.717, 1.165) is 22.2 Å². The molecule has 0 radical (unpaired) electrons. The lowest BCUT2D eigenvalue weighted by atomic mass is 9.82. The molecule has 3 amide bonds. The Balaban J connectivity index is 1.42. The van der Waals surface area contributed by atoms with Crippen molar-refractivity contribution in [3.8, 4) is 5.75 Å². The van der Waals surface area contributed by atoms with Gasteiger partial charge in [0.2, 0.25) is 5.91 Å². The Kier molecular flexibility index (Phi) is 8.90. The molecule has 1 N–H and O–H groups in total. The molecular formula is C36H43N3O7Si. The molecule has 3 aliphatic rings. The van der Waals surface area contributed by atoms with Gasteiger partial charge in [-0.05, 0) is 41.4 Å². The van der Waals surface area contributed by atoms with Gasteiger partial charge >= 0.3 is 6.09 Å². The highest BCUT2D eigenvalue weighted by Crippen LogP contribution is 2.60. The van der Waals surface area contributed by atoms with Crippen LogP contribution in [0.5, 0.6) is 5.75 Å². The number of amides is 3. The van der Waals surface area contributed by atoms with Crippen LogP contribution in [0.25, 0.3) is 0 Å². The second-order valence-corrected chi connectivity index (χ2v) is 17.9. The van der Waals surface area contributed by atoms with E-state index >= 15 is 0 Å². The summed E-state index contributed by atoms with van der Waals surface area (Å²) in [7, 11) is 0.911. The van der Waals surface area contributed by atoms with E-state index in [2.05, 4.69) is 32.2 Å². The monoisotopic (exact) mass is 657 g/mol. The molecule has 248 valence electrons. The van der Waals surface area contributed by atoms with Crippen LogP contribution in [0, 0.1) is 5.92 Å². The number of fused-ring (bicyclic) bond motifs is 2. The summed E-state index contributed by atoms with van der Waals surface area (Å²) in [5, 5.41) is 11.1. The molecule has 3 aromatic rings. The van der Waals surface area contributed by atoms with Crippen molar-refractivity contribution >= 4 is 42.5 Å². The maximum atomic E-state index is 14.5. The number of rotatable bonds is 10. The summed E-state index contributed by atoms with van der Waals surface area (Å²) in [4.78, 5) is 46.0. The molecule has 10 nitrogen and oxygen atoms in total. The number of hydrogen-bond donors (Lipinski definition) is 1. The Morgan fingerprint density at radius 2 is 1.81 bits per heavy atom. The largest absolute Gasteiger partial charge is 0.497 e. The summed E-state index contributed by atoms with van der Waals surface area (Å²) in [6.07, 6.45) is -0.948. The van der Waals surface area contributed by atoms with Gasteiger partial charge in [-0.15, -0.1) is 0 Å². The lowest BCUT2D eigenvalue weighted by Crippen LogP contribution is -2.52. The number of likely N-dealkylation sites (N-methyl/N-ethyl adjacent to an activating group) is 1. The van der Waals surface area contributed by atoms with Crippen LogP contribution >= 0.6 is 0 Å². The maximum Gasteiger partial charge on any atom is 0.414 e. The number of methoxy groups -OCH3 is 1. The molecule has 0 aromatic heterocycles. The third kappa shape index (κ3) is 5.60. The van der Waals surface area contributed by atoms with Crippen LogP contribution in [0.4, 0.5) is 16.2 Å². The van der Waals surface area contributed by atoms with Crippen LogP contribution in [-0.2, 0) is 31.2 Å². The van der Waals surface area contributed by atoms with Gasteiger partial charge < -0.3 is 29.1 Å². The number of benzene rings is 3. The second-order valence-electron chi connectivity index (χ2n) is 13.2. The molecule has 1 spiro atoms. The molecule has 3 heterocycles. The van der Waals surface area contributed by atoms with Crippen molar-refractivity contribution in [1.82, 2.24) is 4.90 Å². The molecule has 47 heavy (non-hydrogen) atoms. The van der Waals surface area contributed by atoms with Crippen molar-refractivity contribution in [2.24, 2.45) is 5.92 Å². The van der Waals surface area contributed by atoms with Gasteiger partial charge in [0, 0.05) is 37.3 Å². The summed E-state index contributed by atoms with van der Waals surface area (Å²) in [6.45, 7) is 7.71. The summed E-state index contributed by atoms with van der Waals surface area (Å²) in [5.41, 5.74) is 1.53. The molecule has 3 aliphatic heterocycles. The van der Waals surface area contributed by atoms with Crippen molar-refractivity contribution < 1.29 is 33.7 Å². The lowest BCUT2D eigenvalue weighted by molar-refractivity contribution is -0.149. The third-order valence-electron chi connectivity index (χ3n) is 10.3. The molecule has 0 aliphatic carbocycles. The van der Waals surface area contributed by atoms with E-state index in [4.69, 9.17) is 14.2 Å². The van der Waals surface area contributed by atoms with Gasteiger partial charge in [0.25, 0.3) is 5.91 Å².